The molecule has 0 spiro atoms. The summed E-state index contributed by atoms with van der Waals surface area (Å²) in [6.07, 6.45) is 0. The van der Waals surface area contributed by atoms with Gasteiger partial charge in [0.05, 0.1) is 0 Å². The van der Waals surface area contributed by atoms with Gasteiger partial charge in [-0.25, -0.2) is 0 Å². The Morgan fingerprint density at radius 2 is 2.33 bits per heavy atom. The van der Waals surface area contributed by atoms with Crippen molar-refractivity contribution in [2.24, 2.45) is 0 Å². The molecule has 0 aliphatic heterocycles. The SMILES string of the molecule is CCOCC(=O)Nc1cccc(CCl)c1. The van der Waals surface area contributed by atoms with Gasteiger partial charge in [0, 0.05) is 18.2 Å². The van der Waals surface area contributed by atoms with Gasteiger partial charge in [-0.2, -0.15) is 0 Å². The van der Waals surface area contributed by atoms with Gasteiger partial charge in [-0.1, -0.05) is 12.1 Å². The molecule has 0 heterocycles. The van der Waals surface area contributed by atoms with Crippen LogP contribution < -0.4 is 5.32 Å². The minimum absolute atomic E-state index is 0.0849. The number of carbonyl (C=O) groups excluding carboxylic acids is 1. The van der Waals surface area contributed by atoms with Gasteiger partial charge in [-0.3, -0.25) is 4.79 Å². The Kier molecular flexibility index (Phi) is 5.15. The number of carbonyl (C=O) groups is 1. The van der Waals surface area contributed by atoms with Crippen molar-refractivity contribution >= 4 is 23.2 Å². The van der Waals surface area contributed by atoms with Crippen molar-refractivity contribution in [2.75, 3.05) is 18.5 Å². The number of benzene rings is 1. The van der Waals surface area contributed by atoms with E-state index in [1.54, 1.807) is 0 Å². The molecule has 0 aliphatic carbocycles. The molecule has 0 bridgehead atoms. The first-order valence-electron chi connectivity index (χ1n) is 4.78. The topological polar surface area (TPSA) is 38.3 Å². The third-order valence-electron chi connectivity index (χ3n) is 1.80. The number of alkyl halides is 1. The van der Waals surface area contributed by atoms with Crippen molar-refractivity contribution in [1.82, 2.24) is 0 Å². The molecule has 0 aliphatic rings. The van der Waals surface area contributed by atoms with Crippen LogP contribution in [0.4, 0.5) is 5.69 Å². The van der Waals surface area contributed by atoms with Crippen LogP contribution in [0.3, 0.4) is 0 Å². The highest BCUT2D eigenvalue weighted by molar-refractivity contribution is 6.17. The van der Waals surface area contributed by atoms with Crippen molar-refractivity contribution in [2.45, 2.75) is 12.8 Å². The van der Waals surface area contributed by atoms with E-state index in [0.717, 1.165) is 11.3 Å². The highest BCUT2D eigenvalue weighted by Crippen LogP contribution is 2.12. The van der Waals surface area contributed by atoms with Crippen LogP contribution in [0.5, 0.6) is 0 Å². The van der Waals surface area contributed by atoms with Gasteiger partial charge >= 0.3 is 0 Å². The molecule has 0 saturated carbocycles. The Labute approximate surface area is 94.4 Å². The van der Waals surface area contributed by atoms with Crippen LogP contribution in [0, 0.1) is 0 Å². The highest BCUT2D eigenvalue weighted by atomic mass is 35.5. The zero-order chi connectivity index (χ0) is 11.1. The van der Waals surface area contributed by atoms with E-state index in [1.807, 2.05) is 31.2 Å². The molecule has 1 aromatic carbocycles. The lowest BCUT2D eigenvalue weighted by Gasteiger charge is -2.06. The molecule has 82 valence electrons. The van der Waals surface area contributed by atoms with Crippen LogP contribution >= 0.6 is 11.6 Å². The maximum absolute atomic E-state index is 11.3. The largest absolute Gasteiger partial charge is 0.372 e. The van der Waals surface area contributed by atoms with Gasteiger partial charge < -0.3 is 10.1 Å². The predicted molar refractivity (Wildman–Crippen MR) is 61.1 cm³/mol. The summed E-state index contributed by atoms with van der Waals surface area (Å²) in [7, 11) is 0. The molecular weight excluding hydrogens is 214 g/mol. The van der Waals surface area contributed by atoms with E-state index in [2.05, 4.69) is 5.32 Å². The molecule has 0 atom stereocenters. The first kappa shape index (κ1) is 12.0. The molecule has 4 heteroatoms. The fourth-order valence-electron chi connectivity index (χ4n) is 1.12. The maximum atomic E-state index is 11.3. The summed E-state index contributed by atoms with van der Waals surface area (Å²) >= 11 is 5.68. The smallest absolute Gasteiger partial charge is 0.250 e. The van der Waals surface area contributed by atoms with E-state index >= 15 is 0 Å². The summed E-state index contributed by atoms with van der Waals surface area (Å²) in [6.45, 7) is 2.47. The third-order valence-corrected chi connectivity index (χ3v) is 2.11. The van der Waals surface area contributed by atoms with Gasteiger partial charge in [0.1, 0.15) is 6.61 Å². The molecule has 0 fully saturated rings. The average molecular weight is 228 g/mol. The minimum Gasteiger partial charge on any atom is -0.372 e. The van der Waals surface area contributed by atoms with Crippen molar-refractivity contribution in [3.63, 3.8) is 0 Å². The fraction of sp³-hybridized carbons (Fsp3) is 0.364. The van der Waals surface area contributed by atoms with Gasteiger partial charge in [-0.05, 0) is 24.6 Å². The number of hydrogen-bond acceptors (Lipinski definition) is 2. The number of amides is 1. The van der Waals surface area contributed by atoms with Gasteiger partial charge in [0.2, 0.25) is 5.91 Å². The Hall–Kier alpha value is -1.06. The lowest BCUT2D eigenvalue weighted by atomic mass is 10.2. The van der Waals surface area contributed by atoms with Gasteiger partial charge in [0.25, 0.3) is 0 Å². The first-order valence-corrected chi connectivity index (χ1v) is 5.32. The van der Waals surface area contributed by atoms with E-state index in [-0.39, 0.29) is 12.5 Å². The number of rotatable bonds is 5. The van der Waals surface area contributed by atoms with Gasteiger partial charge in [-0.15, -0.1) is 11.6 Å². The Bertz CT molecular complexity index is 328. The summed E-state index contributed by atoms with van der Waals surface area (Å²) in [5, 5.41) is 2.73. The number of halogens is 1. The van der Waals surface area contributed by atoms with E-state index < -0.39 is 0 Å². The molecule has 1 N–H and O–H groups in total. The minimum atomic E-state index is -0.149. The fourth-order valence-corrected chi connectivity index (χ4v) is 1.29. The normalized spacial score (nSPS) is 10.0. The van der Waals surface area contributed by atoms with Crippen LogP contribution in [0.25, 0.3) is 0 Å². The second-order valence-corrected chi connectivity index (χ2v) is 3.29. The summed E-state index contributed by atoms with van der Waals surface area (Å²) in [5.41, 5.74) is 1.73. The predicted octanol–water partition coefficient (Wildman–Crippen LogP) is 2.40. The Morgan fingerprint density at radius 3 is 3.00 bits per heavy atom. The molecule has 15 heavy (non-hydrogen) atoms. The van der Waals surface area contributed by atoms with Crippen molar-refractivity contribution in [3.05, 3.63) is 29.8 Å². The Balaban J connectivity index is 2.52. The van der Waals surface area contributed by atoms with Crippen molar-refractivity contribution in [1.29, 1.82) is 0 Å². The van der Waals surface area contributed by atoms with E-state index in [9.17, 15) is 4.79 Å². The second-order valence-electron chi connectivity index (χ2n) is 3.02. The van der Waals surface area contributed by atoms with Crippen LogP contribution in [0.2, 0.25) is 0 Å². The molecule has 0 saturated heterocycles. The average Bonchev–Trinajstić information content (AvgIpc) is 2.26. The number of nitrogens with one attached hydrogen (secondary N) is 1. The van der Waals surface area contributed by atoms with E-state index in [1.165, 1.54) is 0 Å². The first-order chi connectivity index (χ1) is 7.26. The lowest BCUT2D eigenvalue weighted by Crippen LogP contribution is -2.18. The molecule has 1 aromatic rings. The monoisotopic (exact) mass is 227 g/mol. The van der Waals surface area contributed by atoms with Crippen LogP contribution in [-0.4, -0.2) is 19.1 Å². The molecular formula is C11H14ClNO2. The third kappa shape index (κ3) is 4.32. The zero-order valence-corrected chi connectivity index (χ0v) is 9.38. The molecule has 0 radical (unpaired) electrons. The van der Waals surface area contributed by atoms with E-state index in [0.29, 0.717) is 12.5 Å². The molecule has 1 amide bonds. The standard InChI is InChI=1S/C11H14ClNO2/c1-2-15-8-11(14)13-10-5-3-4-9(6-10)7-12/h3-6H,2,7-8H2,1H3,(H,13,14). The van der Waals surface area contributed by atoms with Crippen LogP contribution in [0.15, 0.2) is 24.3 Å². The zero-order valence-electron chi connectivity index (χ0n) is 8.63. The van der Waals surface area contributed by atoms with E-state index in [4.69, 9.17) is 16.3 Å². The second kappa shape index (κ2) is 6.43. The van der Waals surface area contributed by atoms with Crippen molar-refractivity contribution < 1.29 is 9.53 Å². The Morgan fingerprint density at radius 1 is 1.53 bits per heavy atom. The van der Waals surface area contributed by atoms with Crippen LogP contribution in [0.1, 0.15) is 12.5 Å². The number of hydrogen-bond donors (Lipinski definition) is 1. The lowest BCUT2D eigenvalue weighted by molar-refractivity contribution is -0.120. The van der Waals surface area contributed by atoms with Gasteiger partial charge in [0.15, 0.2) is 0 Å². The number of ether oxygens (including phenoxy) is 1. The van der Waals surface area contributed by atoms with Crippen molar-refractivity contribution in [3.8, 4) is 0 Å². The highest BCUT2D eigenvalue weighted by Gasteiger charge is 2.01. The molecule has 0 unspecified atom stereocenters. The summed E-state index contributed by atoms with van der Waals surface area (Å²) in [5.74, 6) is 0.290. The summed E-state index contributed by atoms with van der Waals surface area (Å²) < 4.78 is 4.99. The quantitative estimate of drug-likeness (QED) is 0.785. The number of anilines is 1. The molecule has 0 aromatic heterocycles. The summed E-state index contributed by atoms with van der Waals surface area (Å²) in [6, 6.07) is 7.43. The molecule has 1 rings (SSSR count). The maximum Gasteiger partial charge on any atom is 0.250 e. The molecule has 3 nitrogen and oxygen atoms in total. The van der Waals surface area contributed by atoms with Crippen LogP contribution in [-0.2, 0) is 15.4 Å². The summed E-state index contributed by atoms with van der Waals surface area (Å²) in [4.78, 5) is 11.3.